The molecule has 0 aromatic heterocycles. The van der Waals surface area contributed by atoms with Crippen molar-refractivity contribution in [2.75, 3.05) is 5.32 Å². The molecule has 3 rings (SSSR count). The van der Waals surface area contributed by atoms with Gasteiger partial charge in [-0.15, -0.1) is 0 Å². The van der Waals surface area contributed by atoms with Gasteiger partial charge >= 0.3 is 0 Å². The second-order valence-electron chi connectivity index (χ2n) is 4.84. The van der Waals surface area contributed by atoms with Crippen molar-refractivity contribution < 1.29 is 9.59 Å². The number of carbonyl (C=O) groups is 2. The smallest absolute Gasteiger partial charge is 0.258 e. The molecule has 1 aromatic rings. The molecule has 0 atom stereocenters. The van der Waals surface area contributed by atoms with E-state index in [9.17, 15) is 9.59 Å². The van der Waals surface area contributed by atoms with Crippen LogP contribution in [0.4, 0.5) is 5.69 Å². The number of nitrogens with one attached hydrogen (secondary N) is 2. The molecule has 104 valence electrons. The summed E-state index contributed by atoms with van der Waals surface area (Å²) in [5.41, 5.74) is 3.50. The fraction of sp³-hybridized carbons (Fsp3) is 0.0588. The summed E-state index contributed by atoms with van der Waals surface area (Å²) >= 11 is 0. The molecule has 2 aliphatic heterocycles. The van der Waals surface area contributed by atoms with E-state index in [4.69, 9.17) is 0 Å². The quantitative estimate of drug-likeness (QED) is 0.645. The minimum absolute atomic E-state index is 0.152. The van der Waals surface area contributed by atoms with Crippen molar-refractivity contribution in [3.05, 3.63) is 71.6 Å². The normalized spacial score (nSPS) is 20.8. The number of hydrogen-bond donors (Lipinski definition) is 2. The molecule has 0 radical (unpaired) electrons. The van der Waals surface area contributed by atoms with Crippen molar-refractivity contribution in [3.63, 3.8) is 0 Å². The van der Waals surface area contributed by atoms with Crippen molar-refractivity contribution in [3.8, 4) is 0 Å². The Labute approximate surface area is 122 Å². The molecule has 0 saturated heterocycles. The van der Waals surface area contributed by atoms with Crippen molar-refractivity contribution in [2.24, 2.45) is 0 Å². The number of anilines is 1. The average Bonchev–Trinajstić information content (AvgIpc) is 2.95. The third-order valence-electron chi connectivity index (χ3n) is 3.55. The largest absolute Gasteiger partial charge is 0.351 e. The lowest BCUT2D eigenvalue weighted by Crippen LogP contribution is -2.16. The van der Waals surface area contributed by atoms with Crippen molar-refractivity contribution in [1.29, 1.82) is 0 Å². The van der Waals surface area contributed by atoms with Gasteiger partial charge in [-0.25, -0.2) is 0 Å². The Kier molecular flexibility index (Phi) is 3.06. The highest BCUT2D eigenvalue weighted by molar-refractivity contribution is 6.37. The molecule has 4 nitrogen and oxygen atoms in total. The fourth-order valence-corrected chi connectivity index (χ4v) is 2.47. The summed E-state index contributed by atoms with van der Waals surface area (Å²) in [6.45, 7) is 5.35. The van der Waals surface area contributed by atoms with E-state index >= 15 is 0 Å². The van der Waals surface area contributed by atoms with Crippen LogP contribution in [-0.4, -0.2) is 11.7 Å². The van der Waals surface area contributed by atoms with Crippen LogP contribution in [0.3, 0.4) is 0 Å². The summed E-state index contributed by atoms with van der Waals surface area (Å²) in [4.78, 5) is 24.6. The zero-order valence-corrected chi connectivity index (χ0v) is 11.6. The molecule has 0 aliphatic carbocycles. The fourth-order valence-electron chi connectivity index (χ4n) is 2.47. The molecule has 0 bridgehead atoms. The highest BCUT2D eigenvalue weighted by Crippen LogP contribution is 2.35. The maximum Gasteiger partial charge on any atom is 0.258 e. The first-order valence-electron chi connectivity index (χ1n) is 6.60. The molecule has 2 heterocycles. The van der Waals surface area contributed by atoms with E-state index in [0.29, 0.717) is 22.5 Å². The van der Waals surface area contributed by atoms with Gasteiger partial charge in [-0.3, -0.25) is 9.59 Å². The Bertz CT molecular complexity index is 767. The molecule has 4 heteroatoms. The Hall–Kier alpha value is -2.88. The third kappa shape index (κ3) is 2.01. The van der Waals surface area contributed by atoms with Gasteiger partial charge in [0.05, 0.1) is 5.57 Å². The number of fused-ring (bicyclic) bond motifs is 1. The topological polar surface area (TPSA) is 58.2 Å². The zero-order valence-electron chi connectivity index (χ0n) is 11.6. The molecule has 2 N–H and O–H groups in total. The summed E-state index contributed by atoms with van der Waals surface area (Å²) in [6, 6.07) is 7.34. The van der Waals surface area contributed by atoms with Crippen molar-refractivity contribution in [1.82, 2.24) is 5.32 Å². The Balaban J connectivity index is 2.10. The van der Waals surface area contributed by atoms with Crippen molar-refractivity contribution >= 4 is 23.0 Å². The van der Waals surface area contributed by atoms with Crippen LogP contribution in [0.15, 0.2) is 66.0 Å². The van der Waals surface area contributed by atoms with Crippen LogP contribution in [0.2, 0.25) is 0 Å². The number of Topliss-reactive ketones (excluding diaryl/α,β-unsaturated/α-hetero) is 1. The number of hydrogen-bond acceptors (Lipinski definition) is 3. The van der Waals surface area contributed by atoms with E-state index in [1.54, 1.807) is 25.2 Å². The monoisotopic (exact) mass is 278 g/mol. The Morgan fingerprint density at radius 3 is 2.67 bits per heavy atom. The molecule has 0 fully saturated rings. The lowest BCUT2D eigenvalue weighted by Gasteiger charge is -2.04. The van der Waals surface area contributed by atoms with Gasteiger partial charge < -0.3 is 10.6 Å². The number of benzene rings is 1. The van der Waals surface area contributed by atoms with E-state index in [1.807, 2.05) is 24.3 Å². The number of ketones is 1. The first-order valence-corrected chi connectivity index (χ1v) is 6.60. The molecule has 0 unspecified atom stereocenters. The highest BCUT2D eigenvalue weighted by Gasteiger charge is 2.34. The number of allylic oxidation sites excluding steroid dienone is 4. The molecular formula is C17H14N2O2. The third-order valence-corrected chi connectivity index (χ3v) is 3.55. The number of para-hydroxylation sites is 1. The van der Waals surface area contributed by atoms with Gasteiger partial charge in [-0.2, -0.15) is 0 Å². The molecule has 1 amide bonds. The standard InChI is InChI=1S/C17H14N2O2/c1-3-4-8-12-10(2)16(20)15(18-12)14-11-7-5-6-9-13(11)19-17(14)21/h3-9,18H,1H2,2H3,(H,19,21)/b8-4-,15-14-. The minimum atomic E-state index is -0.256. The number of rotatable bonds is 2. The second-order valence-corrected chi connectivity index (χ2v) is 4.84. The number of carbonyl (C=O) groups excluding carboxylic acids is 2. The first kappa shape index (κ1) is 13.1. The van der Waals surface area contributed by atoms with E-state index in [0.717, 1.165) is 11.3 Å². The molecular weight excluding hydrogens is 264 g/mol. The van der Waals surface area contributed by atoms with Gasteiger partial charge in [-0.05, 0) is 19.1 Å². The Morgan fingerprint density at radius 2 is 1.90 bits per heavy atom. The maximum absolute atomic E-state index is 12.4. The van der Waals surface area contributed by atoms with Gasteiger partial charge in [0.15, 0.2) is 0 Å². The van der Waals surface area contributed by atoms with E-state index in [2.05, 4.69) is 17.2 Å². The summed E-state index contributed by atoms with van der Waals surface area (Å²) in [6.07, 6.45) is 5.15. The van der Waals surface area contributed by atoms with E-state index in [1.165, 1.54) is 0 Å². The van der Waals surface area contributed by atoms with Crippen LogP contribution in [0.1, 0.15) is 12.5 Å². The first-order chi connectivity index (χ1) is 10.1. The lowest BCUT2D eigenvalue weighted by molar-refractivity contribution is -0.113. The van der Waals surface area contributed by atoms with E-state index in [-0.39, 0.29) is 11.7 Å². The average molecular weight is 278 g/mol. The van der Waals surface area contributed by atoms with Crippen LogP contribution in [-0.2, 0) is 9.59 Å². The Morgan fingerprint density at radius 1 is 1.14 bits per heavy atom. The van der Waals surface area contributed by atoms with Crippen LogP contribution < -0.4 is 10.6 Å². The summed E-state index contributed by atoms with van der Waals surface area (Å²) in [7, 11) is 0. The predicted octanol–water partition coefficient (Wildman–Crippen LogP) is 2.54. The SMILES string of the molecule is C=C/C=C\C1=C(C)C(=O)/C(=C2/C(=O)Nc3ccccc32)N1. The lowest BCUT2D eigenvalue weighted by atomic mass is 10.0. The molecule has 0 spiro atoms. The maximum atomic E-state index is 12.4. The molecule has 1 aromatic carbocycles. The highest BCUT2D eigenvalue weighted by atomic mass is 16.2. The van der Waals surface area contributed by atoms with Gasteiger partial charge in [0.1, 0.15) is 5.70 Å². The van der Waals surface area contributed by atoms with Crippen LogP contribution in [0.25, 0.3) is 5.57 Å². The zero-order chi connectivity index (χ0) is 15.0. The van der Waals surface area contributed by atoms with Crippen molar-refractivity contribution in [2.45, 2.75) is 6.92 Å². The van der Waals surface area contributed by atoms with Crippen LogP contribution in [0, 0.1) is 0 Å². The van der Waals surface area contributed by atoms with Gasteiger partial charge in [0.2, 0.25) is 5.78 Å². The van der Waals surface area contributed by atoms with Crippen LogP contribution >= 0.6 is 0 Å². The van der Waals surface area contributed by atoms with Crippen LogP contribution in [0.5, 0.6) is 0 Å². The van der Waals surface area contributed by atoms with Gasteiger partial charge in [-0.1, -0.05) is 36.9 Å². The number of amides is 1. The summed E-state index contributed by atoms with van der Waals surface area (Å²) in [5.74, 6) is -0.408. The summed E-state index contributed by atoms with van der Waals surface area (Å²) < 4.78 is 0. The molecule has 21 heavy (non-hydrogen) atoms. The predicted molar refractivity (Wildman–Crippen MR) is 82.2 cm³/mol. The molecule has 2 aliphatic rings. The van der Waals surface area contributed by atoms with Gasteiger partial charge in [0.25, 0.3) is 5.91 Å². The minimum Gasteiger partial charge on any atom is -0.351 e. The second kappa shape index (κ2) is 4.90. The molecule has 0 saturated carbocycles. The van der Waals surface area contributed by atoms with Gasteiger partial charge in [0, 0.05) is 22.5 Å². The summed E-state index contributed by atoms with van der Waals surface area (Å²) in [5, 5.41) is 5.83. The van der Waals surface area contributed by atoms with E-state index < -0.39 is 0 Å².